The summed E-state index contributed by atoms with van der Waals surface area (Å²) < 4.78 is 0. The highest BCUT2D eigenvalue weighted by Gasteiger charge is 2.49. The summed E-state index contributed by atoms with van der Waals surface area (Å²) in [5.41, 5.74) is 5.93. The highest BCUT2D eigenvalue weighted by molar-refractivity contribution is 5.30. The van der Waals surface area contributed by atoms with Crippen molar-refractivity contribution in [3.63, 3.8) is 0 Å². The highest BCUT2D eigenvalue weighted by atomic mass is 16.3. The van der Waals surface area contributed by atoms with Crippen molar-refractivity contribution < 1.29 is 5.11 Å². The van der Waals surface area contributed by atoms with Gasteiger partial charge in [0.05, 0.1) is 6.10 Å². The predicted molar refractivity (Wildman–Crippen MR) is 107 cm³/mol. The lowest BCUT2D eigenvalue weighted by Crippen LogP contribution is -2.33. The number of hydrogen-bond donors (Lipinski definition) is 1. The van der Waals surface area contributed by atoms with Gasteiger partial charge in [0.1, 0.15) is 0 Å². The molecular formula is C24H36O. The van der Waals surface area contributed by atoms with Crippen LogP contribution in [0.1, 0.15) is 72.1 Å². The number of rotatable bonds is 3. The molecular weight excluding hydrogens is 304 g/mol. The maximum absolute atomic E-state index is 10.2. The minimum absolute atomic E-state index is 0.353. The smallest absolute Gasteiger partial charge is 0.0787 e. The number of aliphatic hydroxyl groups is 1. The van der Waals surface area contributed by atoms with Crippen molar-refractivity contribution in [3.8, 4) is 0 Å². The third-order valence-corrected chi connectivity index (χ3v) is 7.53. The van der Waals surface area contributed by atoms with Crippen molar-refractivity contribution in [2.24, 2.45) is 23.2 Å². The standard InChI is InChI=1S/C24H36O/c1-6-16(2)21-11-12-22-20(8-7-13-24(21,22)5)10-9-19-14-17(3)18(4)23(25)15-19/h9-10,17,21-23,25H,2,4,6-8,11-15H2,1,3,5H3/b19-9+,20-10+/t17?,21-,22+,23-,24?/m1/s1. The van der Waals surface area contributed by atoms with Gasteiger partial charge in [0, 0.05) is 0 Å². The summed E-state index contributed by atoms with van der Waals surface area (Å²) >= 11 is 0. The molecule has 3 aliphatic rings. The number of aliphatic hydroxyl groups excluding tert-OH is 1. The zero-order chi connectivity index (χ0) is 18.2. The van der Waals surface area contributed by atoms with Crippen LogP contribution in [0.3, 0.4) is 0 Å². The van der Waals surface area contributed by atoms with E-state index in [9.17, 15) is 5.11 Å². The van der Waals surface area contributed by atoms with Crippen LogP contribution in [-0.2, 0) is 0 Å². The third kappa shape index (κ3) is 3.45. The average Bonchev–Trinajstić information content (AvgIpc) is 2.94. The van der Waals surface area contributed by atoms with E-state index < -0.39 is 0 Å². The van der Waals surface area contributed by atoms with Crippen molar-refractivity contribution in [1.82, 2.24) is 0 Å². The molecule has 0 aliphatic heterocycles. The maximum atomic E-state index is 10.2. The van der Waals surface area contributed by atoms with Gasteiger partial charge >= 0.3 is 0 Å². The van der Waals surface area contributed by atoms with E-state index in [0.717, 1.165) is 30.8 Å². The molecule has 0 spiro atoms. The van der Waals surface area contributed by atoms with Crippen LogP contribution in [0, 0.1) is 23.2 Å². The van der Waals surface area contributed by atoms with E-state index in [0.29, 0.717) is 17.3 Å². The molecule has 5 atom stereocenters. The van der Waals surface area contributed by atoms with Crippen LogP contribution in [-0.4, -0.2) is 11.2 Å². The molecule has 0 amide bonds. The summed E-state index contributed by atoms with van der Waals surface area (Å²) in [5, 5.41) is 10.2. The second-order valence-electron chi connectivity index (χ2n) is 9.02. The van der Waals surface area contributed by atoms with E-state index in [1.165, 1.54) is 43.3 Å². The molecule has 0 radical (unpaired) electrons. The maximum Gasteiger partial charge on any atom is 0.0787 e. The summed E-state index contributed by atoms with van der Waals surface area (Å²) in [5.74, 6) is 1.83. The van der Waals surface area contributed by atoms with E-state index in [1.807, 2.05) is 0 Å². The van der Waals surface area contributed by atoms with Gasteiger partial charge in [-0.25, -0.2) is 0 Å². The molecule has 0 saturated heterocycles. The lowest BCUT2D eigenvalue weighted by Gasteiger charge is -2.43. The molecule has 3 saturated carbocycles. The molecule has 0 heterocycles. The Morgan fingerprint density at radius 2 is 2.04 bits per heavy atom. The van der Waals surface area contributed by atoms with Crippen molar-refractivity contribution in [2.75, 3.05) is 0 Å². The first kappa shape index (κ1) is 18.7. The molecule has 0 aromatic carbocycles. The molecule has 3 rings (SSSR count). The fourth-order valence-electron chi connectivity index (χ4n) is 5.83. The molecule has 1 nitrogen and oxygen atoms in total. The fourth-order valence-corrected chi connectivity index (χ4v) is 5.83. The van der Waals surface area contributed by atoms with E-state index in [1.54, 1.807) is 5.57 Å². The van der Waals surface area contributed by atoms with Crippen LogP contribution in [0.15, 0.2) is 47.6 Å². The van der Waals surface area contributed by atoms with Crippen molar-refractivity contribution >= 4 is 0 Å². The molecule has 25 heavy (non-hydrogen) atoms. The first-order valence-electron chi connectivity index (χ1n) is 10.3. The molecule has 1 heteroatoms. The molecule has 0 aromatic rings. The van der Waals surface area contributed by atoms with Gasteiger partial charge in [-0.15, -0.1) is 0 Å². The van der Waals surface area contributed by atoms with Crippen molar-refractivity contribution in [1.29, 1.82) is 0 Å². The van der Waals surface area contributed by atoms with Gasteiger partial charge < -0.3 is 5.11 Å². The second-order valence-corrected chi connectivity index (χ2v) is 9.02. The molecule has 0 aromatic heterocycles. The average molecular weight is 341 g/mol. The van der Waals surface area contributed by atoms with Gasteiger partial charge in [-0.05, 0) is 80.1 Å². The summed E-state index contributed by atoms with van der Waals surface area (Å²) in [6, 6.07) is 0. The Morgan fingerprint density at radius 3 is 2.72 bits per heavy atom. The second kappa shape index (κ2) is 7.27. The van der Waals surface area contributed by atoms with Crippen molar-refractivity contribution in [3.05, 3.63) is 47.6 Å². The summed E-state index contributed by atoms with van der Waals surface area (Å²) in [6.45, 7) is 15.4. The van der Waals surface area contributed by atoms with Crippen LogP contribution < -0.4 is 0 Å². The minimum atomic E-state index is -0.353. The number of hydrogen-bond acceptors (Lipinski definition) is 1. The van der Waals surface area contributed by atoms with Crippen molar-refractivity contribution in [2.45, 2.75) is 78.2 Å². The molecule has 138 valence electrons. The first-order chi connectivity index (χ1) is 11.9. The van der Waals surface area contributed by atoms with E-state index in [-0.39, 0.29) is 6.10 Å². The van der Waals surface area contributed by atoms with Crippen LogP contribution in [0.4, 0.5) is 0 Å². The quantitative estimate of drug-likeness (QED) is 0.592. The molecule has 3 fully saturated rings. The minimum Gasteiger partial charge on any atom is -0.388 e. The predicted octanol–water partition coefficient (Wildman–Crippen LogP) is 6.37. The van der Waals surface area contributed by atoms with Gasteiger partial charge in [-0.2, -0.15) is 0 Å². The third-order valence-electron chi connectivity index (χ3n) is 7.53. The first-order valence-corrected chi connectivity index (χ1v) is 10.3. The van der Waals surface area contributed by atoms with E-state index in [2.05, 4.69) is 46.1 Å². The molecule has 1 N–H and O–H groups in total. The van der Waals surface area contributed by atoms with Crippen LogP contribution in [0.2, 0.25) is 0 Å². The molecule has 3 aliphatic carbocycles. The topological polar surface area (TPSA) is 20.2 Å². The Balaban J connectivity index is 1.79. The Bertz CT molecular complexity index is 592. The van der Waals surface area contributed by atoms with Gasteiger partial charge in [0.15, 0.2) is 0 Å². The zero-order valence-corrected chi connectivity index (χ0v) is 16.5. The molecule has 0 bridgehead atoms. The monoisotopic (exact) mass is 340 g/mol. The fraction of sp³-hybridized carbons (Fsp3) is 0.667. The summed E-state index contributed by atoms with van der Waals surface area (Å²) in [6.07, 6.45) is 13.9. The van der Waals surface area contributed by atoms with Gasteiger partial charge in [0.2, 0.25) is 0 Å². The largest absolute Gasteiger partial charge is 0.388 e. The molecule has 2 unspecified atom stereocenters. The lowest BCUT2D eigenvalue weighted by molar-refractivity contribution is 0.154. The Labute approximate surface area is 154 Å². The summed E-state index contributed by atoms with van der Waals surface area (Å²) in [4.78, 5) is 0. The zero-order valence-electron chi connectivity index (χ0n) is 16.5. The SMILES string of the molecule is C=C1C(C)C/C(=C\C=C2/CCCC3(C)[C@@H](C(=C)CC)CC[C@@H]23)C[C@H]1O. The number of allylic oxidation sites excluding steroid dienone is 4. The Hall–Kier alpha value is -1.08. The number of fused-ring (bicyclic) bond motifs is 1. The summed E-state index contributed by atoms with van der Waals surface area (Å²) in [7, 11) is 0. The van der Waals surface area contributed by atoms with Crippen LogP contribution in [0.25, 0.3) is 0 Å². The van der Waals surface area contributed by atoms with E-state index in [4.69, 9.17) is 0 Å². The van der Waals surface area contributed by atoms with Gasteiger partial charge in [0.25, 0.3) is 0 Å². The van der Waals surface area contributed by atoms with E-state index >= 15 is 0 Å². The van der Waals surface area contributed by atoms with Gasteiger partial charge in [-0.3, -0.25) is 0 Å². The van der Waals surface area contributed by atoms with Crippen LogP contribution in [0.5, 0.6) is 0 Å². The highest BCUT2D eigenvalue weighted by Crippen LogP contribution is 2.59. The van der Waals surface area contributed by atoms with Crippen LogP contribution >= 0.6 is 0 Å². The Kier molecular flexibility index (Phi) is 5.44. The van der Waals surface area contributed by atoms with Gasteiger partial charge in [-0.1, -0.05) is 62.8 Å². The lowest BCUT2D eigenvalue weighted by atomic mass is 9.62. The normalized spacial score (nSPS) is 42.0. The Morgan fingerprint density at radius 1 is 1.28 bits per heavy atom.